The van der Waals surface area contributed by atoms with Crippen molar-refractivity contribution in [2.24, 2.45) is 28.8 Å². The van der Waals surface area contributed by atoms with Crippen LogP contribution in [0.1, 0.15) is 124 Å². The average Bonchev–Trinajstić information content (AvgIpc) is 3.42. The van der Waals surface area contributed by atoms with Gasteiger partial charge in [-0.2, -0.15) is 8.42 Å². The van der Waals surface area contributed by atoms with Crippen molar-refractivity contribution in [3.8, 4) is 0 Å². The molecule has 3 aliphatic heterocycles. The zero-order valence-electron chi connectivity index (χ0n) is 49.4. The summed E-state index contributed by atoms with van der Waals surface area (Å²) in [5, 5.41) is 66.2. The largest absolute Gasteiger partial charge is 0.477 e. The number of oxime groups is 1. The van der Waals surface area contributed by atoms with Gasteiger partial charge in [0.1, 0.15) is 29.5 Å². The van der Waals surface area contributed by atoms with Crippen LogP contribution in [0.4, 0.5) is 0 Å². The number of aryl methyl sites for hydroxylation is 2. The minimum absolute atomic E-state index is 0.0413. The van der Waals surface area contributed by atoms with Gasteiger partial charge in [0.2, 0.25) is 12.2 Å². The molecule has 23 nitrogen and oxygen atoms in total. The molecule has 0 bridgehead atoms. The standard InChI is InChI=1S/C56H92N4O19S/c1-16-42-56(11,68)48(63)33(5)44(58-73-30-71-14)31(3)27-54(9,67)49(78-53-46(62)41(59(12)13)25-32(4)74-53)34(6)47(35(7)52(66)76-42)77-43-28-55(10,72-15)50(36(8)75-43)79-80(69,70)24-23-57-22-18-19-37-20-21-40-38(26-37)45(61)39(51(64)65)29-60(40)17-2/h20-21,26,29,31-36,41-43,46-50,53,57,62-63,67-68H,16-19,22-25,27-28,30H2,1-15H3,(H,64,65)/t31-,32-,33-,34+,35-,36+,41+,42-,43+,46-,47+,48-,49-,50+,53+,54-,55-,56-/m1/s1. The second kappa shape index (κ2) is 28.2. The van der Waals surface area contributed by atoms with Crippen LogP contribution in [-0.4, -0.2) is 199 Å². The van der Waals surface area contributed by atoms with Crippen LogP contribution in [0, 0.1) is 23.7 Å². The highest BCUT2D eigenvalue weighted by molar-refractivity contribution is 7.86. The van der Waals surface area contributed by atoms with E-state index in [9.17, 15) is 48.3 Å². The fourth-order valence-corrected chi connectivity index (χ4v) is 13.0. The van der Waals surface area contributed by atoms with Crippen LogP contribution in [0.3, 0.4) is 0 Å². The van der Waals surface area contributed by atoms with Crippen LogP contribution in [-0.2, 0) is 70.1 Å². The molecule has 3 saturated heterocycles. The number of methoxy groups -OCH3 is 2. The molecule has 0 unspecified atom stereocenters. The van der Waals surface area contributed by atoms with Crippen molar-refractivity contribution in [3.05, 3.63) is 45.7 Å². The number of aliphatic hydroxyl groups excluding tert-OH is 2. The van der Waals surface area contributed by atoms with Gasteiger partial charge < -0.3 is 78.3 Å². The first-order valence-corrected chi connectivity index (χ1v) is 29.5. The number of carboxylic acid groups (broad SMARTS) is 1. The van der Waals surface area contributed by atoms with Crippen LogP contribution < -0.4 is 10.7 Å². The summed E-state index contributed by atoms with van der Waals surface area (Å²) in [5.41, 5.74) is -4.39. The molecular weight excluding hydrogens is 1060 g/mol. The van der Waals surface area contributed by atoms with Gasteiger partial charge in [-0.1, -0.05) is 38.9 Å². The van der Waals surface area contributed by atoms with Gasteiger partial charge in [0.05, 0.1) is 64.6 Å². The Morgan fingerprint density at radius 2 is 1.64 bits per heavy atom. The predicted molar refractivity (Wildman–Crippen MR) is 296 cm³/mol. The number of hydrogen-bond acceptors (Lipinski definition) is 21. The molecule has 0 aliphatic carbocycles. The van der Waals surface area contributed by atoms with E-state index in [0.29, 0.717) is 43.3 Å². The van der Waals surface area contributed by atoms with Gasteiger partial charge in [0, 0.05) is 69.1 Å². The summed E-state index contributed by atoms with van der Waals surface area (Å²) in [7, 11) is 2.27. The quantitative estimate of drug-likeness (QED) is 0.0340. The number of ether oxygens (including phenoxy) is 7. The Morgan fingerprint density at radius 3 is 2.25 bits per heavy atom. The lowest BCUT2D eigenvalue weighted by Crippen LogP contribution is -2.61. The van der Waals surface area contributed by atoms with Gasteiger partial charge in [-0.3, -0.25) is 13.8 Å². The molecule has 0 spiro atoms. The van der Waals surface area contributed by atoms with E-state index < -0.39 is 135 Å². The number of benzene rings is 1. The summed E-state index contributed by atoms with van der Waals surface area (Å²) >= 11 is 0. The van der Waals surface area contributed by atoms with Gasteiger partial charge in [-0.05, 0) is 119 Å². The molecule has 456 valence electrons. The number of cyclic esters (lactones) is 1. The first-order valence-electron chi connectivity index (χ1n) is 27.9. The summed E-state index contributed by atoms with van der Waals surface area (Å²) in [6.07, 6.45) is -8.69. The summed E-state index contributed by atoms with van der Waals surface area (Å²) in [4.78, 5) is 46.7. The number of carbonyl (C=O) groups excluding carboxylic acids is 1. The van der Waals surface area contributed by atoms with Crippen molar-refractivity contribution in [1.29, 1.82) is 0 Å². The molecule has 24 heteroatoms. The third-order valence-corrected chi connectivity index (χ3v) is 17.7. The number of aliphatic hydroxyl groups is 4. The van der Waals surface area contributed by atoms with Crippen molar-refractivity contribution in [2.75, 3.05) is 54.0 Å². The Morgan fingerprint density at radius 1 is 0.950 bits per heavy atom. The van der Waals surface area contributed by atoms with Crippen molar-refractivity contribution in [1.82, 2.24) is 14.8 Å². The van der Waals surface area contributed by atoms with Gasteiger partial charge in [-0.15, -0.1) is 0 Å². The van der Waals surface area contributed by atoms with Crippen LogP contribution in [0.5, 0.6) is 0 Å². The summed E-state index contributed by atoms with van der Waals surface area (Å²) in [5.74, 6) is -6.26. The Kier molecular flexibility index (Phi) is 23.7. The lowest BCUT2D eigenvalue weighted by molar-refractivity contribution is -0.316. The normalized spacial score (nSPS) is 36.7. The molecule has 80 heavy (non-hydrogen) atoms. The van der Waals surface area contributed by atoms with E-state index >= 15 is 0 Å². The van der Waals surface area contributed by atoms with Crippen molar-refractivity contribution in [2.45, 2.75) is 205 Å². The molecule has 0 amide bonds. The first-order chi connectivity index (χ1) is 37.4. The molecule has 1 aromatic heterocycles. The molecule has 2 aromatic rings. The number of likely N-dealkylation sites (N-methyl/N-ethyl adjacent to an activating group) is 1. The van der Waals surface area contributed by atoms with E-state index in [2.05, 4.69) is 10.5 Å². The third kappa shape index (κ3) is 15.9. The number of esters is 1. The van der Waals surface area contributed by atoms with Crippen LogP contribution in [0.15, 0.2) is 34.3 Å². The van der Waals surface area contributed by atoms with E-state index in [0.717, 1.165) is 5.56 Å². The van der Waals surface area contributed by atoms with Gasteiger partial charge in [-0.25, -0.2) is 4.79 Å². The van der Waals surface area contributed by atoms with Crippen molar-refractivity contribution >= 4 is 38.7 Å². The Hall–Kier alpha value is -3.73. The number of rotatable bonds is 21. The molecule has 6 N–H and O–H groups in total. The van der Waals surface area contributed by atoms with Crippen molar-refractivity contribution < 1.29 is 85.7 Å². The number of nitrogens with zero attached hydrogens (tertiary/aromatic N) is 3. The van der Waals surface area contributed by atoms with Gasteiger partial charge in [0.15, 0.2) is 12.6 Å². The van der Waals surface area contributed by atoms with Gasteiger partial charge in [0.25, 0.3) is 10.1 Å². The maximum absolute atomic E-state index is 14.6. The Bertz CT molecular complexity index is 2580. The van der Waals surface area contributed by atoms with E-state index in [-0.39, 0.29) is 50.0 Å². The zero-order chi connectivity index (χ0) is 59.8. The predicted octanol–water partition coefficient (Wildman–Crippen LogP) is 3.80. The molecule has 4 heterocycles. The first kappa shape index (κ1) is 67.1. The Labute approximate surface area is 471 Å². The van der Waals surface area contributed by atoms with E-state index in [1.807, 2.05) is 38.9 Å². The van der Waals surface area contributed by atoms with E-state index in [4.69, 9.17) is 42.2 Å². The highest BCUT2D eigenvalue weighted by Crippen LogP contribution is 2.42. The van der Waals surface area contributed by atoms with Crippen LogP contribution >= 0.6 is 0 Å². The number of carbonyl (C=O) groups is 2. The second-order valence-corrected chi connectivity index (χ2v) is 24.8. The lowest BCUT2D eigenvalue weighted by atomic mass is 9.73. The number of aromatic nitrogens is 1. The minimum Gasteiger partial charge on any atom is -0.477 e. The summed E-state index contributed by atoms with van der Waals surface area (Å²) in [6.45, 7) is 19.1. The monoisotopic (exact) mass is 1160 g/mol. The highest BCUT2D eigenvalue weighted by Gasteiger charge is 2.54. The van der Waals surface area contributed by atoms with Crippen LogP contribution in [0.25, 0.3) is 10.9 Å². The van der Waals surface area contributed by atoms with E-state index in [1.54, 1.807) is 72.1 Å². The van der Waals surface area contributed by atoms with E-state index in [1.165, 1.54) is 27.3 Å². The molecule has 5 rings (SSSR count). The molecule has 3 aliphatic rings. The fraction of sp³-hybridized carbons (Fsp3) is 0.786. The molecule has 3 fully saturated rings. The summed E-state index contributed by atoms with van der Waals surface area (Å²) < 4.78 is 78.6. The number of hydrogen-bond donors (Lipinski definition) is 6. The minimum atomic E-state index is -4.22. The number of aromatic carboxylic acids is 1. The average molecular weight is 1160 g/mol. The maximum atomic E-state index is 14.6. The third-order valence-electron chi connectivity index (χ3n) is 16.5. The zero-order valence-corrected chi connectivity index (χ0v) is 50.3. The topological polar surface area (TPSA) is 302 Å². The van der Waals surface area contributed by atoms with Crippen LogP contribution in [0.2, 0.25) is 0 Å². The highest BCUT2D eigenvalue weighted by atomic mass is 32.2. The smallest absolute Gasteiger partial charge is 0.341 e. The number of fused-ring (bicyclic) bond motifs is 1. The number of carboxylic acids is 1. The van der Waals surface area contributed by atoms with Gasteiger partial charge >= 0.3 is 11.9 Å². The SMILES string of the molecule is CC[C@H]1OC(=O)[C@H](C)[C@@H](O[C@H]2C[C@@](C)(OC)[C@@H](OS(=O)(=O)CCNCCCc3ccc4c(c3)c(=O)c(C(=O)O)cn4CC)[C@H](C)O2)[C@H](C)[C@@H](O[C@@H]2O[C@H](C)C[C@H](N(C)C)[C@H]2O)[C@](C)(O)C[C@@H](C)C(=NOCOC)[C@@H](C)[C@@H](O)[C@]1(C)O. The lowest BCUT2D eigenvalue weighted by Gasteiger charge is -2.49. The second-order valence-electron chi connectivity index (χ2n) is 23.1. The summed E-state index contributed by atoms with van der Waals surface area (Å²) in [6, 6.07) is 4.99. The molecular formula is C56H92N4O19S. The molecule has 0 radical (unpaired) electrons. The maximum Gasteiger partial charge on any atom is 0.341 e. The number of nitrogens with one attached hydrogen (secondary N) is 1. The molecule has 1 aromatic carbocycles. The fourth-order valence-electron chi connectivity index (χ4n) is 11.9. The number of pyridine rings is 1. The van der Waals surface area contributed by atoms with Crippen molar-refractivity contribution in [3.63, 3.8) is 0 Å². The molecule has 18 atom stereocenters. The molecule has 0 saturated carbocycles. The Balaban J connectivity index is 1.39.